The molecule has 1 aliphatic rings. The van der Waals surface area contributed by atoms with Crippen molar-refractivity contribution < 1.29 is 14.3 Å². The molecule has 1 fully saturated rings. The maximum absolute atomic E-state index is 12.3. The number of carbonyl (C=O) groups is 2. The summed E-state index contributed by atoms with van der Waals surface area (Å²) in [5.41, 5.74) is 0.641. The first-order valence-electron chi connectivity index (χ1n) is 6.01. The van der Waals surface area contributed by atoms with Gasteiger partial charge < -0.3 is 4.74 Å². The molecule has 1 saturated carbocycles. The summed E-state index contributed by atoms with van der Waals surface area (Å²) in [7, 11) is 1.58. The molecule has 0 aromatic heterocycles. The van der Waals surface area contributed by atoms with Gasteiger partial charge in [-0.2, -0.15) is 0 Å². The van der Waals surface area contributed by atoms with Gasteiger partial charge >= 0.3 is 0 Å². The molecule has 0 N–H and O–H groups in total. The quantitative estimate of drug-likeness (QED) is 0.804. The van der Waals surface area contributed by atoms with E-state index in [0.29, 0.717) is 24.2 Å². The Morgan fingerprint density at radius 1 is 1.44 bits per heavy atom. The molecule has 1 atom stereocenters. The molecule has 96 valence electrons. The fourth-order valence-corrected chi connectivity index (χ4v) is 2.84. The molecule has 3 nitrogen and oxygen atoms in total. The maximum atomic E-state index is 12.3. The van der Waals surface area contributed by atoms with Gasteiger partial charge in [0.25, 0.3) is 0 Å². The largest absolute Gasteiger partial charge is 0.496 e. The number of carbonyl (C=O) groups excluding carboxylic acids is 2. The second-order valence-corrected chi connectivity index (χ2v) is 5.40. The summed E-state index contributed by atoms with van der Waals surface area (Å²) in [6, 6.07) is 5.28. The molecular weight excluding hydrogens is 296 g/mol. The summed E-state index contributed by atoms with van der Waals surface area (Å²) in [6.45, 7) is 0. The highest BCUT2D eigenvalue weighted by Gasteiger charge is 2.26. The fraction of sp³-hybridized carbons (Fsp3) is 0.429. The van der Waals surface area contributed by atoms with E-state index in [1.54, 1.807) is 25.3 Å². The number of Topliss-reactive ketones (excluding diaryl/α,β-unsaturated/α-hetero) is 2. The van der Waals surface area contributed by atoms with Gasteiger partial charge in [-0.05, 0) is 47.0 Å². The van der Waals surface area contributed by atoms with E-state index in [1.807, 2.05) is 0 Å². The van der Waals surface area contributed by atoms with Crippen molar-refractivity contribution in [2.75, 3.05) is 7.11 Å². The van der Waals surface area contributed by atoms with Crippen molar-refractivity contribution in [2.24, 2.45) is 5.92 Å². The lowest BCUT2D eigenvalue weighted by Crippen LogP contribution is -2.22. The molecular formula is C14H15BrO3. The lowest BCUT2D eigenvalue weighted by Gasteiger charge is -2.19. The molecule has 2 rings (SSSR count). The zero-order valence-electron chi connectivity index (χ0n) is 10.2. The van der Waals surface area contributed by atoms with Crippen LogP contribution >= 0.6 is 15.9 Å². The van der Waals surface area contributed by atoms with Gasteiger partial charge in [-0.3, -0.25) is 9.59 Å². The lowest BCUT2D eigenvalue weighted by molar-refractivity contribution is -0.121. The topological polar surface area (TPSA) is 43.4 Å². The van der Waals surface area contributed by atoms with Crippen molar-refractivity contribution in [3.05, 3.63) is 28.2 Å². The Bertz CT molecular complexity index is 482. The van der Waals surface area contributed by atoms with Crippen LogP contribution in [0.4, 0.5) is 0 Å². The van der Waals surface area contributed by atoms with Crippen LogP contribution in [0.25, 0.3) is 0 Å². The van der Waals surface area contributed by atoms with Gasteiger partial charge in [0, 0.05) is 24.3 Å². The minimum atomic E-state index is -0.147. The zero-order valence-corrected chi connectivity index (χ0v) is 11.8. The maximum Gasteiger partial charge on any atom is 0.166 e. The van der Waals surface area contributed by atoms with Gasteiger partial charge in [-0.15, -0.1) is 0 Å². The molecule has 0 spiro atoms. The fourth-order valence-electron chi connectivity index (χ4n) is 2.30. The van der Waals surface area contributed by atoms with Gasteiger partial charge in [-0.1, -0.05) is 0 Å². The first kappa shape index (κ1) is 13.3. The Morgan fingerprint density at radius 3 is 2.83 bits per heavy atom. The van der Waals surface area contributed by atoms with Crippen LogP contribution in [-0.4, -0.2) is 18.7 Å². The first-order chi connectivity index (χ1) is 8.61. The molecule has 0 aliphatic heterocycles. The Hall–Kier alpha value is -1.16. The number of ketones is 2. The van der Waals surface area contributed by atoms with Crippen LogP contribution < -0.4 is 4.74 Å². The molecule has 1 aromatic rings. The number of hydrogen-bond acceptors (Lipinski definition) is 3. The molecule has 18 heavy (non-hydrogen) atoms. The third-order valence-corrected chi connectivity index (χ3v) is 3.91. The van der Waals surface area contributed by atoms with Crippen LogP contribution in [0.15, 0.2) is 22.7 Å². The summed E-state index contributed by atoms with van der Waals surface area (Å²) in [4.78, 5) is 23.7. The summed E-state index contributed by atoms with van der Waals surface area (Å²) in [5.74, 6) is 0.816. The van der Waals surface area contributed by atoms with Crippen molar-refractivity contribution in [2.45, 2.75) is 25.7 Å². The second-order valence-electron chi connectivity index (χ2n) is 4.55. The Labute approximate surface area is 115 Å². The van der Waals surface area contributed by atoms with Gasteiger partial charge in [0.2, 0.25) is 0 Å². The molecule has 0 bridgehead atoms. The highest BCUT2D eigenvalue weighted by molar-refractivity contribution is 9.10. The van der Waals surface area contributed by atoms with Crippen molar-refractivity contribution >= 4 is 27.5 Å². The van der Waals surface area contributed by atoms with Crippen LogP contribution in [0.3, 0.4) is 0 Å². The molecule has 1 aromatic carbocycles. The van der Waals surface area contributed by atoms with E-state index in [1.165, 1.54) is 0 Å². The predicted molar refractivity (Wildman–Crippen MR) is 72.0 cm³/mol. The van der Waals surface area contributed by atoms with Gasteiger partial charge in [0.05, 0.1) is 11.6 Å². The van der Waals surface area contributed by atoms with E-state index in [0.717, 1.165) is 17.3 Å². The molecule has 0 radical (unpaired) electrons. The standard InChI is InChI=1S/C14H15BrO3/c1-18-13-6-5-10(8-12(13)15)14(17)9-3-2-4-11(16)7-9/h5-6,8-9H,2-4,7H2,1H3. The van der Waals surface area contributed by atoms with Gasteiger partial charge in [-0.25, -0.2) is 0 Å². The number of methoxy groups -OCH3 is 1. The highest BCUT2D eigenvalue weighted by Crippen LogP contribution is 2.29. The van der Waals surface area contributed by atoms with Crippen LogP contribution in [0, 0.1) is 5.92 Å². The SMILES string of the molecule is COc1ccc(C(=O)C2CCCC(=O)C2)cc1Br. The minimum Gasteiger partial charge on any atom is -0.496 e. The summed E-state index contributed by atoms with van der Waals surface area (Å²) in [5, 5.41) is 0. The van der Waals surface area contributed by atoms with Crippen molar-refractivity contribution in [1.29, 1.82) is 0 Å². The molecule has 1 aliphatic carbocycles. The average Bonchev–Trinajstić information content (AvgIpc) is 2.37. The molecule has 1 unspecified atom stereocenters. The van der Waals surface area contributed by atoms with E-state index in [2.05, 4.69) is 15.9 Å². The summed E-state index contributed by atoms with van der Waals surface area (Å²) < 4.78 is 5.89. The van der Waals surface area contributed by atoms with Crippen LogP contribution in [0.1, 0.15) is 36.0 Å². The Kier molecular flexibility index (Phi) is 4.17. The van der Waals surface area contributed by atoms with E-state index >= 15 is 0 Å². The van der Waals surface area contributed by atoms with E-state index in [-0.39, 0.29) is 17.5 Å². The molecule has 0 saturated heterocycles. The number of halogens is 1. The Balaban J connectivity index is 2.18. The van der Waals surface area contributed by atoms with Crippen LogP contribution in [0.5, 0.6) is 5.75 Å². The number of rotatable bonds is 3. The minimum absolute atomic E-state index is 0.0615. The number of benzene rings is 1. The van der Waals surface area contributed by atoms with Crippen molar-refractivity contribution in [1.82, 2.24) is 0 Å². The predicted octanol–water partition coefficient (Wildman–Crippen LogP) is 3.40. The third kappa shape index (κ3) is 2.80. The second kappa shape index (κ2) is 5.65. The van der Waals surface area contributed by atoms with Crippen LogP contribution in [-0.2, 0) is 4.79 Å². The average molecular weight is 311 g/mol. The van der Waals surface area contributed by atoms with E-state index in [9.17, 15) is 9.59 Å². The monoisotopic (exact) mass is 310 g/mol. The summed E-state index contributed by atoms with van der Waals surface area (Å²) >= 11 is 3.37. The number of ether oxygens (including phenoxy) is 1. The van der Waals surface area contributed by atoms with Gasteiger partial charge in [0.1, 0.15) is 11.5 Å². The highest BCUT2D eigenvalue weighted by atomic mass is 79.9. The van der Waals surface area contributed by atoms with Gasteiger partial charge in [0.15, 0.2) is 5.78 Å². The van der Waals surface area contributed by atoms with Crippen molar-refractivity contribution in [3.8, 4) is 5.75 Å². The molecule has 0 amide bonds. The van der Waals surface area contributed by atoms with Crippen molar-refractivity contribution in [3.63, 3.8) is 0 Å². The first-order valence-corrected chi connectivity index (χ1v) is 6.80. The smallest absolute Gasteiger partial charge is 0.166 e. The zero-order chi connectivity index (χ0) is 13.1. The summed E-state index contributed by atoms with van der Waals surface area (Å²) in [6.07, 6.45) is 2.65. The van der Waals surface area contributed by atoms with E-state index in [4.69, 9.17) is 4.74 Å². The Morgan fingerprint density at radius 2 is 2.22 bits per heavy atom. The number of hydrogen-bond donors (Lipinski definition) is 0. The van der Waals surface area contributed by atoms with E-state index < -0.39 is 0 Å². The molecule has 4 heteroatoms. The molecule has 0 heterocycles. The normalized spacial score (nSPS) is 19.7. The van der Waals surface area contributed by atoms with Crippen LogP contribution in [0.2, 0.25) is 0 Å². The third-order valence-electron chi connectivity index (χ3n) is 3.29. The lowest BCUT2D eigenvalue weighted by atomic mass is 9.83.